The Bertz CT molecular complexity index is 695. The van der Waals surface area contributed by atoms with E-state index in [0.29, 0.717) is 4.57 Å². The number of para-hydroxylation sites is 1. The monoisotopic (exact) mass is 252 g/mol. The predicted molar refractivity (Wildman–Crippen MR) is 59.8 cm³/mol. The van der Waals surface area contributed by atoms with Gasteiger partial charge in [-0.1, -0.05) is 18.1 Å². The summed E-state index contributed by atoms with van der Waals surface area (Å²) in [6.45, 7) is -0.467. The van der Waals surface area contributed by atoms with Crippen LogP contribution in [-0.2, 0) is 12.7 Å². The molecular weight excluding hydrogens is 245 g/mol. The summed E-state index contributed by atoms with van der Waals surface area (Å²) in [5.41, 5.74) is -0.783. The molecule has 0 saturated carbocycles. The van der Waals surface area contributed by atoms with Crippen LogP contribution in [0.3, 0.4) is 0 Å². The van der Waals surface area contributed by atoms with Crippen LogP contribution in [0.5, 0.6) is 0 Å². The average molecular weight is 252 g/mol. The molecule has 0 aliphatic heterocycles. The van der Waals surface area contributed by atoms with Gasteiger partial charge in [0, 0.05) is 0 Å². The van der Waals surface area contributed by atoms with E-state index in [2.05, 4.69) is 4.98 Å². The molecule has 2 rings (SSSR count). The third kappa shape index (κ3) is 1.95. The summed E-state index contributed by atoms with van der Waals surface area (Å²) in [7, 11) is 0. The molecule has 3 nitrogen and oxygen atoms in total. The Kier molecular flexibility index (Phi) is 2.83. The van der Waals surface area contributed by atoms with Crippen molar-refractivity contribution < 1.29 is 13.2 Å². The number of aromatic nitrogens is 2. The fraction of sp³-hybridized carbons (Fsp3) is 0.167. The van der Waals surface area contributed by atoms with E-state index in [-0.39, 0.29) is 10.9 Å². The molecule has 1 heterocycles. The zero-order chi connectivity index (χ0) is 13.3. The lowest BCUT2D eigenvalue weighted by Crippen LogP contribution is -2.29. The molecule has 0 spiro atoms. The van der Waals surface area contributed by atoms with E-state index in [1.807, 2.05) is 5.92 Å². The lowest BCUT2D eigenvalue weighted by atomic mass is 10.2. The van der Waals surface area contributed by atoms with Gasteiger partial charge in [-0.15, -0.1) is 6.42 Å². The molecule has 0 aliphatic rings. The van der Waals surface area contributed by atoms with Crippen molar-refractivity contribution in [2.75, 3.05) is 0 Å². The smallest absolute Gasteiger partial charge is 0.277 e. The van der Waals surface area contributed by atoms with Crippen molar-refractivity contribution in [1.29, 1.82) is 0 Å². The number of terminal acetylenes is 1. The fourth-order valence-corrected chi connectivity index (χ4v) is 1.62. The van der Waals surface area contributed by atoms with Gasteiger partial charge < -0.3 is 0 Å². The van der Waals surface area contributed by atoms with Crippen LogP contribution in [0.15, 0.2) is 29.1 Å². The number of benzene rings is 1. The highest BCUT2D eigenvalue weighted by Gasteiger charge is 2.37. The topological polar surface area (TPSA) is 34.9 Å². The maximum absolute atomic E-state index is 12.8. The Balaban J connectivity index is 2.89. The first-order chi connectivity index (χ1) is 8.45. The van der Waals surface area contributed by atoms with Gasteiger partial charge in [-0.3, -0.25) is 9.36 Å². The van der Waals surface area contributed by atoms with Crippen LogP contribution in [0.25, 0.3) is 10.9 Å². The molecule has 0 aliphatic carbocycles. The maximum atomic E-state index is 12.8. The first-order valence-electron chi connectivity index (χ1n) is 4.95. The van der Waals surface area contributed by atoms with Crippen LogP contribution >= 0.6 is 0 Å². The molecule has 0 saturated heterocycles. The zero-order valence-electron chi connectivity index (χ0n) is 9.03. The van der Waals surface area contributed by atoms with Crippen LogP contribution in [0.2, 0.25) is 0 Å². The minimum atomic E-state index is -4.72. The quantitative estimate of drug-likeness (QED) is 0.728. The number of halogens is 3. The first-order valence-corrected chi connectivity index (χ1v) is 4.95. The maximum Gasteiger partial charge on any atom is 0.449 e. The van der Waals surface area contributed by atoms with E-state index in [0.717, 1.165) is 0 Å². The second-order valence-electron chi connectivity index (χ2n) is 3.55. The van der Waals surface area contributed by atoms with Gasteiger partial charge >= 0.3 is 6.18 Å². The second-order valence-corrected chi connectivity index (χ2v) is 3.55. The molecule has 0 amide bonds. The van der Waals surface area contributed by atoms with Crippen molar-refractivity contribution in [3.05, 3.63) is 40.4 Å². The fourth-order valence-electron chi connectivity index (χ4n) is 1.62. The van der Waals surface area contributed by atoms with Gasteiger partial charge in [0.25, 0.3) is 5.56 Å². The van der Waals surface area contributed by atoms with Crippen LogP contribution in [0.1, 0.15) is 5.82 Å². The molecular formula is C12H7F3N2O. The Morgan fingerprint density at radius 1 is 1.33 bits per heavy atom. The van der Waals surface area contributed by atoms with E-state index < -0.39 is 24.1 Å². The van der Waals surface area contributed by atoms with E-state index in [4.69, 9.17) is 6.42 Å². The highest BCUT2D eigenvalue weighted by atomic mass is 19.4. The Hall–Kier alpha value is -2.29. The largest absolute Gasteiger partial charge is 0.449 e. The molecule has 0 unspecified atom stereocenters. The summed E-state index contributed by atoms with van der Waals surface area (Å²) in [4.78, 5) is 15.4. The molecule has 2 aromatic rings. The zero-order valence-corrected chi connectivity index (χ0v) is 9.03. The molecule has 0 N–H and O–H groups in total. The van der Waals surface area contributed by atoms with Crippen LogP contribution in [0, 0.1) is 12.3 Å². The highest BCUT2D eigenvalue weighted by molar-refractivity contribution is 5.77. The number of hydrogen-bond acceptors (Lipinski definition) is 2. The summed E-state index contributed by atoms with van der Waals surface area (Å²) in [6.07, 6.45) is 0.259. The Labute approximate surface area is 99.9 Å². The van der Waals surface area contributed by atoms with Crippen molar-refractivity contribution in [1.82, 2.24) is 9.55 Å². The minimum Gasteiger partial charge on any atom is -0.277 e. The number of nitrogens with zero attached hydrogens (tertiary/aromatic N) is 2. The molecule has 92 valence electrons. The SMILES string of the molecule is C#CCn1c(C(F)(F)F)nc2ccccc2c1=O. The van der Waals surface area contributed by atoms with Gasteiger partial charge in [0.05, 0.1) is 17.4 Å². The van der Waals surface area contributed by atoms with Crippen LogP contribution < -0.4 is 5.56 Å². The number of fused-ring (bicyclic) bond motifs is 1. The average Bonchev–Trinajstić information content (AvgIpc) is 2.31. The number of alkyl halides is 3. The third-order valence-electron chi connectivity index (χ3n) is 2.36. The lowest BCUT2D eigenvalue weighted by Gasteiger charge is -2.13. The summed E-state index contributed by atoms with van der Waals surface area (Å²) >= 11 is 0. The standard InChI is InChI=1S/C12H7F3N2O/c1-2-7-17-10(18)8-5-3-4-6-9(8)16-11(17)12(13,14)15/h1,3-6H,7H2. The molecule has 18 heavy (non-hydrogen) atoms. The van der Waals surface area contributed by atoms with Gasteiger partial charge in [0.15, 0.2) is 0 Å². The van der Waals surface area contributed by atoms with Crippen LogP contribution in [-0.4, -0.2) is 9.55 Å². The van der Waals surface area contributed by atoms with Gasteiger partial charge in [0.2, 0.25) is 5.82 Å². The van der Waals surface area contributed by atoms with Gasteiger partial charge in [-0.2, -0.15) is 13.2 Å². The van der Waals surface area contributed by atoms with E-state index >= 15 is 0 Å². The summed E-state index contributed by atoms with van der Waals surface area (Å²) in [5, 5.41) is 0.112. The van der Waals surface area contributed by atoms with E-state index in [9.17, 15) is 18.0 Å². The summed E-state index contributed by atoms with van der Waals surface area (Å²) < 4.78 is 38.8. The molecule has 0 fully saturated rings. The minimum absolute atomic E-state index is 0.00287. The van der Waals surface area contributed by atoms with Gasteiger partial charge in [0.1, 0.15) is 0 Å². The molecule has 0 bridgehead atoms. The Morgan fingerprint density at radius 2 is 2.00 bits per heavy atom. The van der Waals surface area contributed by atoms with Gasteiger partial charge in [-0.05, 0) is 12.1 Å². The van der Waals surface area contributed by atoms with Crippen molar-refractivity contribution in [3.63, 3.8) is 0 Å². The normalized spacial score (nSPS) is 11.4. The van der Waals surface area contributed by atoms with Crippen molar-refractivity contribution in [3.8, 4) is 12.3 Å². The van der Waals surface area contributed by atoms with E-state index in [1.165, 1.54) is 18.2 Å². The molecule has 1 aromatic heterocycles. The Morgan fingerprint density at radius 3 is 2.61 bits per heavy atom. The number of rotatable bonds is 1. The third-order valence-corrected chi connectivity index (χ3v) is 2.36. The van der Waals surface area contributed by atoms with Crippen molar-refractivity contribution in [2.24, 2.45) is 0 Å². The summed E-state index contributed by atoms with van der Waals surface area (Å²) in [5.74, 6) is 0.751. The van der Waals surface area contributed by atoms with Crippen molar-refractivity contribution >= 4 is 10.9 Å². The first kappa shape index (κ1) is 12.2. The molecule has 0 radical (unpaired) electrons. The molecule has 1 aromatic carbocycles. The van der Waals surface area contributed by atoms with Gasteiger partial charge in [-0.25, -0.2) is 4.98 Å². The summed E-state index contributed by atoms with van der Waals surface area (Å²) in [6, 6.07) is 5.84. The highest BCUT2D eigenvalue weighted by Crippen LogP contribution is 2.27. The molecule has 0 atom stereocenters. The van der Waals surface area contributed by atoms with Crippen LogP contribution in [0.4, 0.5) is 13.2 Å². The van der Waals surface area contributed by atoms with Crippen molar-refractivity contribution in [2.45, 2.75) is 12.7 Å². The second kappa shape index (κ2) is 4.18. The predicted octanol–water partition coefficient (Wildman–Crippen LogP) is 2.05. The number of hydrogen-bond donors (Lipinski definition) is 0. The lowest BCUT2D eigenvalue weighted by molar-refractivity contribution is -0.147. The van der Waals surface area contributed by atoms with E-state index in [1.54, 1.807) is 6.07 Å². The molecule has 6 heteroatoms.